The predicted octanol–water partition coefficient (Wildman–Crippen LogP) is 2.81. The molecule has 1 saturated heterocycles. The zero-order chi connectivity index (χ0) is 12.1. The predicted molar refractivity (Wildman–Crippen MR) is 75.0 cm³/mol. The van der Waals surface area contributed by atoms with Gasteiger partial charge in [0.25, 0.3) is 0 Å². The van der Waals surface area contributed by atoms with Gasteiger partial charge in [0.15, 0.2) is 5.13 Å². The van der Waals surface area contributed by atoms with Crippen molar-refractivity contribution in [3.05, 3.63) is 11.1 Å². The zero-order valence-corrected chi connectivity index (χ0v) is 11.7. The Kier molecular flexibility index (Phi) is 4.80. The Labute approximate surface area is 108 Å². The largest absolute Gasteiger partial charge is 0.347 e. The number of rotatable bonds is 5. The highest BCUT2D eigenvalue weighted by Crippen LogP contribution is 2.21. The first-order valence-electron chi connectivity index (χ1n) is 6.70. The van der Waals surface area contributed by atoms with Gasteiger partial charge in [0.05, 0.1) is 5.69 Å². The lowest BCUT2D eigenvalue weighted by molar-refractivity contribution is 0.399. The van der Waals surface area contributed by atoms with E-state index in [0.717, 1.165) is 18.8 Å². The first-order chi connectivity index (χ1) is 8.29. The van der Waals surface area contributed by atoms with Crippen LogP contribution < -0.4 is 10.2 Å². The minimum atomic E-state index is 0.652. The van der Waals surface area contributed by atoms with Gasteiger partial charge in [-0.2, -0.15) is 0 Å². The molecule has 0 amide bonds. The molecule has 0 saturated carbocycles. The Morgan fingerprint density at radius 3 is 3.00 bits per heavy atom. The number of thiazole rings is 1. The number of aromatic nitrogens is 1. The van der Waals surface area contributed by atoms with E-state index in [1.54, 1.807) is 11.3 Å². The van der Waals surface area contributed by atoms with Crippen molar-refractivity contribution in [1.82, 2.24) is 10.3 Å². The lowest BCUT2D eigenvalue weighted by Crippen LogP contribution is -2.44. The summed E-state index contributed by atoms with van der Waals surface area (Å²) in [5.74, 6) is 0. The number of nitrogens with zero attached hydrogens (tertiary/aromatic N) is 2. The third-order valence-corrected chi connectivity index (χ3v) is 4.24. The molecule has 1 atom stereocenters. The van der Waals surface area contributed by atoms with Crippen LogP contribution in [0.2, 0.25) is 0 Å². The van der Waals surface area contributed by atoms with Gasteiger partial charge in [0, 0.05) is 24.5 Å². The van der Waals surface area contributed by atoms with E-state index in [-0.39, 0.29) is 0 Å². The van der Waals surface area contributed by atoms with Crippen LogP contribution in [0.5, 0.6) is 0 Å². The first-order valence-corrected chi connectivity index (χ1v) is 7.58. The maximum atomic E-state index is 4.61. The minimum absolute atomic E-state index is 0.652. The Balaban J connectivity index is 1.96. The van der Waals surface area contributed by atoms with E-state index in [9.17, 15) is 0 Å². The third kappa shape index (κ3) is 3.68. The second kappa shape index (κ2) is 6.36. The van der Waals surface area contributed by atoms with Crippen LogP contribution in [0, 0.1) is 6.92 Å². The SMILES string of the molecule is CCCN(CC1CCCCN1)c1nc(C)cs1. The summed E-state index contributed by atoms with van der Waals surface area (Å²) < 4.78 is 0. The summed E-state index contributed by atoms with van der Waals surface area (Å²) in [7, 11) is 0. The molecule has 17 heavy (non-hydrogen) atoms. The van der Waals surface area contributed by atoms with Gasteiger partial charge < -0.3 is 10.2 Å². The molecule has 1 aliphatic heterocycles. The molecule has 0 radical (unpaired) electrons. The molecular formula is C13H23N3S. The highest BCUT2D eigenvalue weighted by atomic mass is 32.1. The van der Waals surface area contributed by atoms with E-state index < -0.39 is 0 Å². The van der Waals surface area contributed by atoms with Crippen molar-refractivity contribution in [3.63, 3.8) is 0 Å². The number of hydrogen-bond donors (Lipinski definition) is 1. The number of nitrogens with one attached hydrogen (secondary N) is 1. The van der Waals surface area contributed by atoms with Gasteiger partial charge in [-0.05, 0) is 32.7 Å². The molecule has 3 nitrogen and oxygen atoms in total. The number of anilines is 1. The van der Waals surface area contributed by atoms with E-state index in [0.29, 0.717) is 6.04 Å². The van der Waals surface area contributed by atoms with Gasteiger partial charge in [-0.25, -0.2) is 4.98 Å². The molecule has 1 aromatic heterocycles. The molecular weight excluding hydrogens is 230 g/mol. The second-order valence-corrected chi connectivity index (χ2v) is 5.70. The van der Waals surface area contributed by atoms with Crippen molar-refractivity contribution in [2.24, 2.45) is 0 Å². The Hall–Kier alpha value is -0.610. The fourth-order valence-electron chi connectivity index (χ4n) is 2.37. The molecule has 1 fully saturated rings. The van der Waals surface area contributed by atoms with Gasteiger partial charge in [0.1, 0.15) is 0 Å². The second-order valence-electron chi connectivity index (χ2n) is 4.86. The number of piperidine rings is 1. The van der Waals surface area contributed by atoms with Gasteiger partial charge in [-0.1, -0.05) is 13.3 Å². The van der Waals surface area contributed by atoms with Crippen molar-refractivity contribution in [1.29, 1.82) is 0 Å². The Bertz CT molecular complexity index is 331. The summed E-state index contributed by atoms with van der Waals surface area (Å²) >= 11 is 1.77. The molecule has 1 aliphatic rings. The van der Waals surface area contributed by atoms with Crippen molar-refractivity contribution < 1.29 is 0 Å². The van der Waals surface area contributed by atoms with Crippen LogP contribution in [-0.4, -0.2) is 30.7 Å². The molecule has 0 aliphatic carbocycles. The van der Waals surface area contributed by atoms with Crippen molar-refractivity contribution in [3.8, 4) is 0 Å². The van der Waals surface area contributed by atoms with Crippen LogP contribution in [0.3, 0.4) is 0 Å². The van der Waals surface area contributed by atoms with E-state index >= 15 is 0 Å². The van der Waals surface area contributed by atoms with Crippen molar-refractivity contribution in [2.45, 2.75) is 45.6 Å². The Morgan fingerprint density at radius 2 is 2.41 bits per heavy atom. The maximum Gasteiger partial charge on any atom is 0.185 e. The van der Waals surface area contributed by atoms with Crippen LogP contribution in [0.25, 0.3) is 0 Å². The monoisotopic (exact) mass is 253 g/mol. The average molecular weight is 253 g/mol. The van der Waals surface area contributed by atoms with Crippen LogP contribution in [0.15, 0.2) is 5.38 Å². The average Bonchev–Trinajstić information content (AvgIpc) is 2.77. The van der Waals surface area contributed by atoms with Crippen LogP contribution in [-0.2, 0) is 0 Å². The zero-order valence-electron chi connectivity index (χ0n) is 10.9. The molecule has 2 rings (SSSR count). The van der Waals surface area contributed by atoms with Crippen molar-refractivity contribution in [2.75, 3.05) is 24.5 Å². The first kappa shape index (κ1) is 12.8. The lowest BCUT2D eigenvalue weighted by atomic mass is 10.0. The maximum absolute atomic E-state index is 4.61. The van der Waals surface area contributed by atoms with E-state index in [1.165, 1.54) is 37.4 Å². The molecule has 1 N–H and O–H groups in total. The summed E-state index contributed by atoms with van der Waals surface area (Å²) in [6.07, 6.45) is 5.20. The Morgan fingerprint density at radius 1 is 1.53 bits per heavy atom. The summed E-state index contributed by atoms with van der Waals surface area (Å²) in [6.45, 7) is 7.72. The van der Waals surface area contributed by atoms with Crippen LogP contribution in [0.1, 0.15) is 38.3 Å². The number of hydrogen-bond acceptors (Lipinski definition) is 4. The topological polar surface area (TPSA) is 28.2 Å². The molecule has 0 spiro atoms. The standard InChI is InChI=1S/C13H23N3S/c1-3-8-16(13-15-11(2)10-17-13)9-12-6-4-5-7-14-12/h10,12,14H,3-9H2,1-2H3. The van der Waals surface area contributed by atoms with Crippen LogP contribution >= 0.6 is 11.3 Å². The van der Waals surface area contributed by atoms with Gasteiger partial charge in [-0.3, -0.25) is 0 Å². The van der Waals surface area contributed by atoms with E-state index in [4.69, 9.17) is 0 Å². The van der Waals surface area contributed by atoms with E-state index in [1.807, 2.05) is 0 Å². The molecule has 1 unspecified atom stereocenters. The summed E-state index contributed by atoms with van der Waals surface area (Å²) in [6, 6.07) is 0.652. The highest BCUT2D eigenvalue weighted by Gasteiger charge is 2.18. The number of aryl methyl sites for hydroxylation is 1. The normalized spacial score (nSPS) is 20.5. The van der Waals surface area contributed by atoms with Gasteiger partial charge in [0.2, 0.25) is 0 Å². The molecule has 2 heterocycles. The fraction of sp³-hybridized carbons (Fsp3) is 0.769. The van der Waals surface area contributed by atoms with Crippen molar-refractivity contribution >= 4 is 16.5 Å². The molecule has 0 aromatic carbocycles. The minimum Gasteiger partial charge on any atom is -0.347 e. The molecule has 4 heteroatoms. The fourth-order valence-corrected chi connectivity index (χ4v) is 3.21. The van der Waals surface area contributed by atoms with Crippen LogP contribution in [0.4, 0.5) is 5.13 Å². The molecule has 0 bridgehead atoms. The summed E-state index contributed by atoms with van der Waals surface area (Å²) in [5.41, 5.74) is 1.14. The van der Waals surface area contributed by atoms with Gasteiger partial charge in [-0.15, -0.1) is 11.3 Å². The third-order valence-electron chi connectivity index (χ3n) is 3.22. The summed E-state index contributed by atoms with van der Waals surface area (Å²) in [4.78, 5) is 7.06. The van der Waals surface area contributed by atoms with Gasteiger partial charge >= 0.3 is 0 Å². The quantitative estimate of drug-likeness (QED) is 0.874. The smallest absolute Gasteiger partial charge is 0.185 e. The molecule has 96 valence electrons. The lowest BCUT2D eigenvalue weighted by Gasteiger charge is -2.30. The highest BCUT2D eigenvalue weighted by molar-refractivity contribution is 7.13. The van der Waals surface area contributed by atoms with E-state index in [2.05, 4.69) is 34.4 Å². The summed E-state index contributed by atoms with van der Waals surface area (Å²) in [5, 5.41) is 6.96. The molecule has 1 aromatic rings.